The molecule has 0 aliphatic heterocycles. The Labute approximate surface area is 109 Å². The largest absolute Gasteiger partial charge is 0.330 e. The van der Waals surface area contributed by atoms with E-state index in [1.807, 2.05) is 7.05 Å². The van der Waals surface area contributed by atoms with Crippen LogP contribution in [0.15, 0.2) is 0 Å². The third kappa shape index (κ3) is 15.9. The Kier molecular flexibility index (Phi) is 15.8. The van der Waals surface area contributed by atoms with Gasteiger partial charge in [-0.15, -0.1) is 0 Å². The van der Waals surface area contributed by atoms with Crippen LogP contribution in [0.2, 0.25) is 0 Å². The average molecular weight is 242 g/mol. The third-order valence-electron chi connectivity index (χ3n) is 3.38. The van der Waals surface area contributed by atoms with Crippen molar-refractivity contribution in [3.63, 3.8) is 0 Å². The van der Waals surface area contributed by atoms with Crippen molar-refractivity contribution in [1.82, 2.24) is 5.32 Å². The second-order valence-electron chi connectivity index (χ2n) is 5.13. The molecule has 0 saturated carbocycles. The minimum absolute atomic E-state index is 0.869. The number of nitrogens with one attached hydrogen (secondary N) is 1. The van der Waals surface area contributed by atoms with Crippen LogP contribution in [0.3, 0.4) is 0 Å². The molecule has 0 aromatic carbocycles. The first-order valence-corrected chi connectivity index (χ1v) is 7.76. The highest BCUT2D eigenvalue weighted by Crippen LogP contribution is 2.11. The highest BCUT2D eigenvalue weighted by molar-refractivity contribution is 4.49. The molecule has 0 fully saturated rings. The molecule has 0 amide bonds. The van der Waals surface area contributed by atoms with E-state index in [4.69, 9.17) is 5.73 Å². The molecule has 3 N–H and O–H groups in total. The molecule has 0 aromatic rings. The van der Waals surface area contributed by atoms with Crippen molar-refractivity contribution >= 4 is 0 Å². The van der Waals surface area contributed by atoms with Crippen LogP contribution in [0.4, 0.5) is 0 Å². The average Bonchev–Trinajstić information content (AvgIpc) is 2.35. The van der Waals surface area contributed by atoms with Gasteiger partial charge in [0.15, 0.2) is 0 Å². The molecule has 2 nitrogen and oxygen atoms in total. The summed E-state index contributed by atoms with van der Waals surface area (Å²) in [5.41, 5.74) is 5.46. The van der Waals surface area contributed by atoms with E-state index in [9.17, 15) is 0 Å². The Morgan fingerprint density at radius 1 is 0.588 bits per heavy atom. The molecular weight excluding hydrogens is 208 g/mol. The topological polar surface area (TPSA) is 38.0 Å². The van der Waals surface area contributed by atoms with Gasteiger partial charge in [-0.1, -0.05) is 64.2 Å². The minimum Gasteiger partial charge on any atom is -0.330 e. The van der Waals surface area contributed by atoms with Crippen LogP contribution >= 0.6 is 0 Å². The normalized spacial score (nSPS) is 10.9. The highest BCUT2D eigenvalue weighted by Gasteiger charge is 1.93. The molecule has 0 heterocycles. The van der Waals surface area contributed by atoms with Crippen LogP contribution in [0.5, 0.6) is 0 Å². The molecule has 0 aliphatic rings. The first-order valence-electron chi connectivity index (χ1n) is 7.76. The molecule has 0 atom stereocenters. The van der Waals surface area contributed by atoms with E-state index in [-0.39, 0.29) is 0 Å². The fraction of sp³-hybridized carbons (Fsp3) is 1.00. The molecule has 17 heavy (non-hydrogen) atoms. The molecule has 0 aromatic heterocycles. The fourth-order valence-corrected chi connectivity index (χ4v) is 2.21. The number of hydrogen-bond donors (Lipinski definition) is 2. The van der Waals surface area contributed by atoms with Gasteiger partial charge in [0.25, 0.3) is 0 Å². The second kappa shape index (κ2) is 15.9. The van der Waals surface area contributed by atoms with Crippen molar-refractivity contribution in [3.05, 3.63) is 0 Å². The summed E-state index contributed by atoms with van der Waals surface area (Å²) in [5, 5.41) is 3.20. The van der Waals surface area contributed by atoms with Crippen LogP contribution in [0, 0.1) is 0 Å². The predicted octanol–water partition coefficient (Wildman–Crippen LogP) is 3.85. The van der Waals surface area contributed by atoms with Gasteiger partial charge in [-0.25, -0.2) is 0 Å². The van der Waals surface area contributed by atoms with Crippen molar-refractivity contribution in [3.8, 4) is 0 Å². The van der Waals surface area contributed by atoms with Gasteiger partial charge in [0.1, 0.15) is 0 Å². The summed E-state index contributed by atoms with van der Waals surface area (Å²) < 4.78 is 0. The van der Waals surface area contributed by atoms with Crippen LogP contribution < -0.4 is 11.1 Å². The molecule has 0 bridgehead atoms. The van der Waals surface area contributed by atoms with E-state index in [0.717, 1.165) is 6.54 Å². The van der Waals surface area contributed by atoms with E-state index >= 15 is 0 Å². The van der Waals surface area contributed by atoms with Gasteiger partial charge in [0.05, 0.1) is 0 Å². The maximum absolute atomic E-state index is 5.46. The lowest BCUT2D eigenvalue weighted by molar-refractivity contribution is 0.539. The first kappa shape index (κ1) is 16.9. The van der Waals surface area contributed by atoms with E-state index < -0.39 is 0 Å². The van der Waals surface area contributed by atoms with Crippen LogP contribution in [-0.4, -0.2) is 20.1 Å². The standard InChI is InChI=1S/C15H34N2/c1-17-15-13-11-9-7-5-3-2-4-6-8-10-12-14-16/h17H,2-16H2,1H3. The summed E-state index contributed by atoms with van der Waals surface area (Å²) >= 11 is 0. The quantitative estimate of drug-likeness (QED) is 0.454. The Morgan fingerprint density at radius 3 is 1.29 bits per heavy atom. The van der Waals surface area contributed by atoms with Crippen molar-refractivity contribution in [2.45, 2.75) is 77.0 Å². The Hall–Kier alpha value is -0.0800. The fourth-order valence-electron chi connectivity index (χ4n) is 2.21. The van der Waals surface area contributed by atoms with Gasteiger partial charge in [0, 0.05) is 0 Å². The van der Waals surface area contributed by atoms with E-state index in [0.29, 0.717) is 0 Å². The van der Waals surface area contributed by atoms with Crippen molar-refractivity contribution in [2.75, 3.05) is 20.1 Å². The maximum atomic E-state index is 5.46. The Bertz CT molecular complexity index is 112. The lowest BCUT2D eigenvalue weighted by Gasteiger charge is -2.02. The molecule has 0 radical (unpaired) electrons. The predicted molar refractivity (Wildman–Crippen MR) is 78.4 cm³/mol. The monoisotopic (exact) mass is 242 g/mol. The number of unbranched alkanes of at least 4 members (excludes halogenated alkanes) is 11. The Morgan fingerprint density at radius 2 is 0.941 bits per heavy atom. The highest BCUT2D eigenvalue weighted by atomic mass is 14.8. The van der Waals surface area contributed by atoms with Crippen molar-refractivity contribution in [2.24, 2.45) is 5.73 Å². The molecule has 0 rings (SSSR count). The summed E-state index contributed by atoms with van der Waals surface area (Å²) in [5.74, 6) is 0. The third-order valence-corrected chi connectivity index (χ3v) is 3.38. The summed E-state index contributed by atoms with van der Waals surface area (Å²) in [7, 11) is 2.04. The summed E-state index contributed by atoms with van der Waals surface area (Å²) in [6.07, 6.45) is 16.7. The minimum atomic E-state index is 0.869. The van der Waals surface area contributed by atoms with E-state index in [1.54, 1.807) is 0 Å². The van der Waals surface area contributed by atoms with Gasteiger partial charge in [-0.3, -0.25) is 0 Å². The van der Waals surface area contributed by atoms with Gasteiger partial charge < -0.3 is 11.1 Å². The molecule has 0 unspecified atom stereocenters. The Balaban J connectivity index is 2.85. The zero-order chi connectivity index (χ0) is 12.6. The SMILES string of the molecule is CNCCCCCCCCCCCCCCN. The summed E-state index contributed by atoms with van der Waals surface area (Å²) in [6.45, 7) is 2.05. The van der Waals surface area contributed by atoms with Crippen molar-refractivity contribution < 1.29 is 0 Å². The molecule has 104 valence electrons. The smallest absolute Gasteiger partial charge is 0.00519 e. The van der Waals surface area contributed by atoms with Gasteiger partial charge >= 0.3 is 0 Å². The lowest BCUT2D eigenvalue weighted by Crippen LogP contribution is -2.06. The molecule has 0 spiro atoms. The zero-order valence-electron chi connectivity index (χ0n) is 12.0. The molecule has 0 saturated heterocycles. The molecule has 2 heteroatoms. The van der Waals surface area contributed by atoms with Crippen LogP contribution in [-0.2, 0) is 0 Å². The van der Waals surface area contributed by atoms with Gasteiger partial charge in [0.2, 0.25) is 0 Å². The lowest BCUT2D eigenvalue weighted by atomic mass is 10.1. The zero-order valence-corrected chi connectivity index (χ0v) is 12.0. The number of hydrogen-bond acceptors (Lipinski definition) is 2. The number of nitrogens with two attached hydrogens (primary N) is 1. The van der Waals surface area contributed by atoms with Crippen molar-refractivity contribution in [1.29, 1.82) is 0 Å². The van der Waals surface area contributed by atoms with Crippen LogP contribution in [0.1, 0.15) is 77.0 Å². The van der Waals surface area contributed by atoms with Gasteiger partial charge in [-0.2, -0.15) is 0 Å². The second-order valence-corrected chi connectivity index (χ2v) is 5.13. The van der Waals surface area contributed by atoms with Crippen LogP contribution in [0.25, 0.3) is 0 Å². The number of rotatable bonds is 14. The first-order chi connectivity index (χ1) is 8.41. The molecule has 0 aliphatic carbocycles. The molecular formula is C15H34N2. The van der Waals surface area contributed by atoms with E-state index in [2.05, 4.69) is 5.32 Å². The summed E-state index contributed by atoms with van der Waals surface area (Å²) in [6, 6.07) is 0. The maximum Gasteiger partial charge on any atom is -0.00519 e. The van der Waals surface area contributed by atoms with E-state index in [1.165, 1.54) is 83.6 Å². The summed E-state index contributed by atoms with van der Waals surface area (Å²) in [4.78, 5) is 0. The van der Waals surface area contributed by atoms with Gasteiger partial charge in [-0.05, 0) is 33.0 Å².